The Morgan fingerprint density at radius 2 is 1.93 bits per heavy atom. The average molecular weight is 194 g/mol. The highest BCUT2D eigenvalue weighted by Gasteiger charge is 2.03. The first-order chi connectivity index (χ1) is 6.77. The molecule has 0 saturated heterocycles. The predicted molar refractivity (Wildman–Crippen MR) is 51.9 cm³/mol. The van der Waals surface area contributed by atoms with Crippen LogP contribution in [-0.4, -0.2) is 22.1 Å². The van der Waals surface area contributed by atoms with Gasteiger partial charge in [0.15, 0.2) is 5.84 Å². The topological polar surface area (TPSA) is 103 Å². The fraction of sp³-hybridized carbons (Fsp3) is 0. The average Bonchev–Trinajstić information content (AvgIpc) is 2.26. The molecule has 1 aromatic carbocycles. The Balaban J connectivity index is 2.96. The molecular formula is C8H10N4O2. The highest BCUT2D eigenvalue weighted by Crippen LogP contribution is 2.09. The number of para-hydroxylation sites is 1. The summed E-state index contributed by atoms with van der Waals surface area (Å²) in [7, 11) is 0. The van der Waals surface area contributed by atoms with E-state index in [-0.39, 0.29) is 11.7 Å². The molecule has 0 unspecified atom stereocenters. The van der Waals surface area contributed by atoms with Crippen LogP contribution >= 0.6 is 0 Å². The van der Waals surface area contributed by atoms with Crippen molar-refractivity contribution in [1.29, 1.82) is 0 Å². The van der Waals surface area contributed by atoms with Gasteiger partial charge < -0.3 is 10.9 Å². The SMILES string of the molecule is N/C(=N\O)C(=Nc1ccccc1)NO. The molecular weight excluding hydrogens is 184 g/mol. The fourth-order valence-electron chi connectivity index (χ4n) is 0.819. The van der Waals surface area contributed by atoms with Gasteiger partial charge in [0.25, 0.3) is 0 Å². The molecule has 0 saturated carbocycles. The van der Waals surface area contributed by atoms with Crippen molar-refractivity contribution in [3.05, 3.63) is 30.3 Å². The number of hydrogen-bond donors (Lipinski definition) is 4. The van der Waals surface area contributed by atoms with Crippen LogP contribution in [0.1, 0.15) is 0 Å². The maximum atomic E-state index is 8.64. The van der Waals surface area contributed by atoms with Gasteiger partial charge in [-0.3, -0.25) is 5.21 Å². The maximum absolute atomic E-state index is 8.64. The highest BCUT2D eigenvalue weighted by molar-refractivity contribution is 6.39. The first-order valence-electron chi connectivity index (χ1n) is 3.79. The molecule has 0 aliphatic rings. The van der Waals surface area contributed by atoms with Gasteiger partial charge in [-0.2, -0.15) is 0 Å². The zero-order chi connectivity index (χ0) is 10.4. The minimum Gasteiger partial charge on any atom is -0.409 e. The third kappa shape index (κ3) is 2.46. The molecule has 0 aromatic heterocycles. The van der Waals surface area contributed by atoms with E-state index in [9.17, 15) is 0 Å². The summed E-state index contributed by atoms with van der Waals surface area (Å²) in [5.41, 5.74) is 7.54. The summed E-state index contributed by atoms with van der Waals surface area (Å²) in [6.07, 6.45) is 0. The van der Waals surface area contributed by atoms with Crippen molar-refractivity contribution >= 4 is 17.4 Å². The van der Waals surface area contributed by atoms with Crippen LogP contribution in [0.4, 0.5) is 5.69 Å². The number of aliphatic imine (C=N–C) groups is 1. The minimum absolute atomic E-state index is 0.112. The van der Waals surface area contributed by atoms with Crippen LogP contribution in [-0.2, 0) is 0 Å². The van der Waals surface area contributed by atoms with E-state index in [1.165, 1.54) is 0 Å². The Labute approximate surface area is 80.3 Å². The fourth-order valence-corrected chi connectivity index (χ4v) is 0.819. The lowest BCUT2D eigenvalue weighted by Crippen LogP contribution is -2.34. The van der Waals surface area contributed by atoms with Gasteiger partial charge in [0.1, 0.15) is 0 Å². The lowest BCUT2D eigenvalue weighted by atomic mass is 10.3. The third-order valence-corrected chi connectivity index (χ3v) is 1.45. The number of amidine groups is 2. The van der Waals surface area contributed by atoms with Gasteiger partial charge in [0.2, 0.25) is 5.84 Å². The predicted octanol–water partition coefficient (Wildman–Crippen LogP) is 0.442. The molecule has 0 fully saturated rings. The van der Waals surface area contributed by atoms with Gasteiger partial charge in [0.05, 0.1) is 5.69 Å². The molecule has 0 amide bonds. The molecule has 14 heavy (non-hydrogen) atoms. The number of oxime groups is 1. The van der Waals surface area contributed by atoms with Gasteiger partial charge in [-0.15, -0.1) is 0 Å². The van der Waals surface area contributed by atoms with Gasteiger partial charge in [-0.1, -0.05) is 23.4 Å². The molecule has 0 radical (unpaired) electrons. The lowest BCUT2D eigenvalue weighted by molar-refractivity contribution is 0.236. The van der Waals surface area contributed by atoms with E-state index in [0.717, 1.165) is 0 Å². The number of nitrogens with two attached hydrogens (primary N) is 1. The standard InChI is InChI=1S/C8H10N4O2/c9-7(11-13)8(12-14)10-6-4-2-1-3-5-6/h1-5,13-14H,(H2,9,11)(H,10,12). The zero-order valence-corrected chi connectivity index (χ0v) is 7.25. The number of nitrogens with one attached hydrogen (secondary N) is 1. The molecule has 6 nitrogen and oxygen atoms in total. The molecule has 0 bridgehead atoms. The van der Waals surface area contributed by atoms with Gasteiger partial charge in [0, 0.05) is 0 Å². The van der Waals surface area contributed by atoms with Crippen molar-refractivity contribution < 1.29 is 10.4 Å². The number of nitrogens with zero attached hydrogens (tertiary/aromatic N) is 2. The summed E-state index contributed by atoms with van der Waals surface area (Å²) < 4.78 is 0. The molecule has 74 valence electrons. The van der Waals surface area contributed by atoms with Crippen LogP contribution in [0, 0.1) is 0 Å². The second-order valence-corrected chi connectivity index (χ2v) is 2.39. The Bertz CT molecular complexity index is 348. The van der Waals surface area contributed by atoms with Crippen molar-refractivity contribution in [3.63, 3.8) is 0 Å². The molecule has 5 N–H and O–H groups in total. The summed E-state index contributed by atoms with van der Waals surface area (Å²) in [4.78, 5) is 3.89. The minimum atomic E-state index is -0.295. The molecule has 0 aliphatic carbocycles. The summed E-state index contributed by atoms with van der Waals surface area (Å²) in [6, 6.07) is 8.80. The largest absolute Gasteiger partial charge is 0.409 e. The van der Waals surface area contributed by atoms with Crippen molar-refractivity contribution in [1.82, 2.24) is 5.48 Å². The zero-order valence-electron chi connectivity index (χ0n) is 7.25. The van der Waals surface area contributed by atoms with Crippen molar-refractivity contribution in [3.8, 4) is 0 Å². The molecule has 0 heterocycles. The molecule has 0 atom stereocenters. The normalized spacial score (nSPS) is 12.6. The maximum Gasteiger partial charge on any atom is 0.207 e. The highest BCUT2D eigenvalue weighted by atomic mass is 16.5. The van der Waals surface area contributed by atoms with Crippen LogP contribution < -0.4 is 11.2 Å². The van der Waals surface area contributed by atoms with E-state index < -0.39 is 0 Å². The van der Waals surface area contributed by atoms with E-state index in [4.69, 9.17) is 16.1 Å². The Morgan fingerprint density at radius 1 is 1.29 bits per heavy atom. The smallest absolute Gasteiger partial charge is 0.207 e. The number of rotatable bonds is 1. The third-order valence-electron chi connectivity index (χ3n) is 1.45. The summed E-state index contributed by atoms with van der Waals surface area (Å²) >= 11 is 0. The summed E-state index contributed by atoms with van der Waals surface area (Å²) in [6.45, 7) is 0. The van der Waals surface area contributed by atoms with Crippen molar-refractivity contribution in [2.75, 3.05) is 0 Å². The molecule has 1 aromatic rings. The van der Waals surface area contributed by atoms with Crippen LogP contribution in [0.3, 0.4) is 0 Å². The Morgan fingerprint density at radius 3 is 2.43 bits per heavy atom. The van der Waals surface area contributed by atoms with Crippen molar-refractivity contribution in [2.45, 2.75) is 0 Å². The van der Waals surface area contributed by atoms with E-state index in [2.05, 4.69) is 10.1 Å². The first kappa shape index (κ1) is 10.0. The van der Waals surface area contributed by atoms with Crippen LogP contribution in [0.2, 0.25) is 0 Å². The number of hydrogen-bond acceptors (Lipinski definition) is 4. The quantitative estimate of drug-likeness (QED) is 0.225. The molecule has 6 heteroatoms. The second-order valence-electron chi connectivity index (χ2n) is 2.39. The van der Waals surface area contributed by atoms with Crippen LogP contribution in [0.5, 0.6) is 0 Å². The van der Waals surface area contributed by atoms with Gasteiger partial charge in [-0.25, -0.2) is 10.5 Å². The van der Waals surface area contributed by atoms with Gasteiger partial charge >= 0.3 is 0 Å². The monoisotopic (exact) mass is 194 g/mol. The summed E-state index contributed by atoms with van der Waals surface area (Å²) in [5.74, 6) is -0.407. The Kier molecular flexibility index (Phi) is 3.45. The number of benzene rings is 1. The van der Waals surface area contributed by atoms with E-state index in [0.29, 0.717) is 5.69 Å². The van der Waals surface area contributed by atoms with Crippen LogP contribution in [0.15, 0.2) is 40.5 Å². The summed E-state index contributed by atoms with van der Waals surface area (Å²) in [5, 5.41) is 19.7. The molecule has 0 aliphatic heterocycles. The van der Waals surface area contributed by atoms with E-state index in [1.807, 2.05) is 6.07 Å². The Hall–Kier alpha value is -2.08. The molecule has 1 rings (SSSR count). The van der Waals surface area contributed by atoms with Crippen molar-refractivity contribution in [2.24, 2.45) is 15.9 Å². The van der Waals surface area contributed by atoms with E-state index in [1.54, 1.807) is 29.7 Å². The number of hydroxylamine groups is 1. The van der Waals surface area contributed by atoms with E-state index >= 15 is 0 Å². The second kappa shape index (κ2) is 4.83. The van der Waals surface area contributed by atoms with Crippen LogP contribution in [0.25, 0.3) is 0 Å². The van der Waals surface area contributed by atoms with Gasteiger partial charge in [-0.05, 0) is 12.1 Å². The first-order valence-corrected chi connectivity index (χ1v) is 3.79. The molecule has 0 spiro atoms. The lowest BCUT2D eigenvalue weighted by Gasteiger charge is -2.01.